The van der Waals surface area contributed by atoms with E-state index in [2.05, 4.69) is 16.4 Å². The molecule has 6 nitrogen and oxygen atoms in total. The molecule has 0 aliphatic carbocycles. The number of aromatic nitrogens is 1. The largest absolute Gasteiger partial charge is 0.483 e. The molecule has 0 aliphatic heterocycles. The summed E-state index contributed by atoms with van der Waals surface area (Å²) in [5.41, 5.74) is 2.19. The molecule has 0 unspecified atom stereocenters. The zero-order valence-electron chi connectivity index (χ0n) is 15.3. The Balaban J connectivity index is 1.92. The van der Waals surface area contributed by atoms with Crippen LogP contribution in [-0.4, -0.2) is 50.6 Å². The number of rotatable bonds is 8. The molecule has 0 fully saturated rings. The molecule has 1 aromatic heterocycles. The highest BCUT2D eigenvalue weighted by Gasteiger charge is 2.08. The van der Waals surface area contributed by atoms with Crippen LogP contribution in [0.1, 0.15) is 11.1 Å². The molecular formula is C19H26N4O2. The Morgan fingerprint density at radius 3 is 2.60 bits per heavy atom. The topological polar surface area (TPSA) is 57.7 Å². The van der Waals surface area contributed by atoms with Crippen molar-refractivity contribution in [3.8, 4) is 5.75 Å². The number of hydrogen-bond donors (Lipinski definition) is 1. The molecule has 1 heterocycles. The third-order valence-corrected chi connectivity index (χ3v) is 3.74. The van der Waals surface area contributed by atoms with Crippen LogP contribution in [-0.2, 0) is 17.9 Å². The van der Waals surface area contributed by atoms with E-state index in [0.29, 0.717) is 6.54 Å². The molecular weight excluding hydrogens is 316 g/mol. The normalized spacial score (nSPS) is 10.4. The predicted octanol–water partition coefficient (Wildman–Crippen LogP) is 1.90. The molecule has 0 saturated heterocycles. The number of nitrogens with zero attached hydrogens (tertiary/aromatic N) is 3. The maximum absolute atomic E-state index is 11.7. The van der Waals surface area contributed by atoms with Gasteiger partial charge in [-0.2, -0.15) is 0 Å². The highest BCUT2D eigenvalue weighted by Crippen LogP contribution is 2.18. The summed E-state index contributed by atoms with van der Waals surface area (Å²) in [6.07, 6.45) is 1.82. The fourth-order valence-corrected chi connectivity index (χ4v) is 2.22. The molecule has 0 spiro atoms. The van der Waals surface area contributed by atoms with E-state index in [-0.39, 0.29) is 12.5 Å². The van der Waals surface area contributed by atoms with Gasteiger partial charge in [-0.05, 0) is 23.8 Å². The second-order valence-electron chi connectivity index (χ2n) is 6.20. The number of para-hydroxylation sites is 1. The summed E-state index contributed by atoms with van der Waals surface area (Å²) < 4.78 is 5.67. The molecule has 0 radical (unpaired) electrons. The summed E-state index contributed by atoms with van der Waals surface area (Å²) >= 11 is 0. The number of benzene rings is 1. The highest BCUT2D eigenvalue weighted by molar-refractivity contribution is 5.77. The van der Waals surface area contributed by atoms with Crippen LogP contribution in [0.2, 0.25) is 0 Å². The van der Waals surface area contributed by atoms with Crippen molar-refractivity contribution in [2.75, 3.05) is 39.7 Å². The van der Waals surface area contributed by atoms with Gasteiger partial charge >= 0.3 is 0 Å². The number of nitrogens with one attached hydrogen (secondary N) is 1. The molecule has 134 valence electrons. The van der Waals surface area contributed by atoms with E-state index in [0.717, 1.165) is 23.7 Å². The van der Waals surface area contributed by atoms with Crippen LogP contribution in [0, 0.1) is 0 Å². The summed E-state index contributed by atoms with van der Waals surface area (Å²) in [4.78, 5) is 19.5. The fourth-order valence-electron chi connectivity index (χ4n) is 2.22. The van der Waals surface area contributed by atoms with Gasteiger partial charge in [0.25, 0.3) is 5.91 Å². The molecule has 0 bridgehead atoms. The van der Waals surface area contributed by atoms with E-state index in [4.69, 9.17) is 4.74 Å². The molecule has 1 aromatic carbocycles. The number of ether oxygens (including phenoxy) is 1. The lowest BCUT2D eigenvalue weighted by molar-refractivity contribution is -0.130. The fraction of sp³-hybridized carbons (Fsp3) is 0.368. The van der Waals surface area contributed by atoms with Gasteiger partial charge in [0.2, 0.25) is 0 Å². The zero-order chi connectivity index (χ0) is 18.2. The number of likely N-dealkylation sites (N-methyl/N-ethyl adjacent to an activating group) is 1. The van der Waals surface area contributed by atoms with E-state index in [1.165, 1.54) is 10.5 Å². The molecule has 0 atom stereocenters. The van der Waals surface area contributed by atoms with E-state index < -0.39 is 0 Å². The van der Waals surface area contributed by atoms with E-state index >= 15 is 0 Å². The zero-order valence-corrected chi connectivity index (χ0v) is 15.3. The van der Waals surface area contributed by atoms with Gasteiger partial charge in [0.15, 0.2) is 6.61 Å². The van der Waals surface area contributed by atoms with Gasteiger partial charge in [-0.15, -0.1) is 0 Å². The van der Waals surface area contributed by atoms with Crippen molar-refractivity contribution in [2.45, 2.75) is 13.1 Å². The Bertz CT molecular complexity index is 701. The average molecular weight is 342 g/mol. The SMILES string of the molecule is CN(C)C(=O)COc1ccccc1CNCc1ccnc(N(C)C)c1. The van der Waals surface area contributed by atoms with Crippen LogP contribution in [0.3, 0.4) is 0 Å². The Morgan fingerprint density at radius 2 is 1.88 bits per heavy atom. The number of amides is 1. The second kappa shape index (κ2) is 9.03. The smallest absolute Gasteiger partial charge is 0.259 e. The van der Waals surface area contributed by atoms with Crippen LogP contribution in [0.4, 0.5) is 5.82 Å². The maximum atomic E-state index is 11.7. The average Bonchev–Trinajstić information content (AvgIpc) is 2.60. The number of hydrogen-bond acceptors (Lipinski definition) is 5. The van der Waals surface area contributed by atoms with Gasteiger partial charge in [-0.1, -0.05) is 18.2 Å². The first kappa shape index (κ1) is 18.7. The van der Waals surface area contributed by atoms with E-state index in [1.54, 1.807) is 14.1 Å². The monoisotopic (exact) mass is 342 g/mol. The molecule has 1 amide bonds. The van der Waals surface area contributed by atoms with Crippen LogP contribution in [0.25, 0.3) is 0 Å². The third kappa shape index (κ3) is 5.76. The summed E-state index contributed by atoms with van der Waals surface area (Å²) in [7, 11) is 7.38. The molecule has 0 aliphatic rings. The second-order valence-corrected chi connectivity index (χ2v) is 6.20. The van der Waals surface area contributed by atoms with Crippen LogP contribution >= 0.6 is 0 Å². The number of carbonyl (C=O) groups excluding carboxylic acids is 1. The summed E-state index contributed by atoms with van der Waals surface area (Å²) in [5.74, 6) is 1.61. The maximum Gasteiger partial charge on any atom is 0.259 e. The number of anilines is 1. The lowest BCUT2D eigenvalue weighted by Gasteiger charge is -2.15. The predicted molar refractivity (Wildman–Crippen MR) is 99.7 cm³/mol. The molecule has 2 aromatic rings. The van der Waals surface area contributed by atoms with Gasteiger partial charge < -0.3 is 19.9 Å². The van der Waals surface area contributed by atoms with E-state index in [9.17, 15) is 4.79 Å². The van der Waals surface area contributed by atoms with Crippen molar-refractivity contribution in [1.29, 1.82) is 0 Å². The standard InChI is InChI=1S/C19H26N4O2/c1-22(2)18-11-15(9-10-21-18)12-20-13-16-7-5-6-8-17(16)25-14-19(24)23(3)4/h5-11,20H,12-14H2,1-4H3. The van der Waals surface area contributed by atoms with Crippen LogP contribution in [0.5, 0.6) is 5.75 Å². The first-order valence-electron chi connectivity index (χ1n) is 8.21. The van der Waals surface area contributed by atoms with Crippen molar-refractivity contribution < 1.29 is 9.53 Å². The number of carbonyl (C=O) groups is 1. The van der Waals surface area contributed by atoms with Gasteiger partial charge in [0.05, 0.1) is 0 Å². The van der Waals surface area contributed by atoms with Gasteiger partial charge in [-0.25, -0.2) is 4.98 Å². The van der Waals surface area contributed by atoms with Crippen molar-refractivity contribution in [2.24, 2.45) is 0 Å². The van der Waals surface area contributed by atoms with Crippen molar-refractivity contribution in [1.82, 2.24) is 15.2 Å². The first-order valence-corrected chi connectivity index (χ1v) is 8.21. The van der Waals surface area contributed by atoms with Gasteiger partial charge in [0.1, 0.15) is 11.6 Å². The van der Waals surface area contributed by atoms with Crippen LogP contribution in [0.15, 0.2) is 42.6 Å². The van der Waals surface area contributed by atoms with Gasteiger partial charge in [-0.3, -0.25) is 4.79 Å². The lowest BCUT2D eigenvalue weighted by Crippen LogP contribution is -2.27. The van der Waals surface area contributed by atoms with Crippen molar-refractivity contribution in [3.05, 3.63) is 53.7 Å². The van der Waals surface area contributed by atoms with E-state index in [1.807, 2.05) is 55.5 Å². The Hall–Kier alpha value is -2.60. The quantitative estimate of drug-likeness (QED) is 0.794. The minimum absolute atomic E-state index is 0.0422. The number of pyridine rings is 1. The summed E-state index contributed by atoms with van der Waals surface area (Å²) in [6, 6.07) is 11.8. The molecule has 25 heavy (non-hydrogen) atoms. The summed E-state index contributed by atoms with van der Waals surface area (Å²) in [6.45, 7) is 1.43. The minimum atomic E-state index is -0.0595. The van der Waals surface area contributed by atoms with Crippen LogP contribution < -0.4 is 15.0 Å². The first-order chi connectivity index (χ1) is 12.0. The molecule has 1 N–H and O–H groups in total. The Labute approximate surface area is 149 Å². The summed E-state index contributed by atoms with van der Waals surface area (Å²) in [5, 5.41) is 3.41. The lowest BCUT2D eigenvalue weighted by atomic mass is 10.2. The van der Waals surface area contributed by atoms with Crippen molar-refractivity contribution in [3.63, 3.8) is 0 Å². The third-order valence-electron chi connectivity index (χ3n) is 3.74. The Kier molecular flexibility index (Phi) is 6.77. The van der Waals surface area contributed by atoms with Crippen molar-refractivity contribution >= 4 is 11.7 Å². The van der Waals surface area contributed by atoms with Gasteiger partial charge in [0, 0.05) is 53.0 Å². The molecule has 2 rings (SSSR count). The highest BCUT2D eigenvalue weighted by atomic mass is 16.5. The molecule has 6 heteroatoms. The minimum Gasteiger partial charge on any atom is -0.483 e. The Morgan fingerprint density at radius 1 is 1.12 bits per heavy atom. The molecule has 0 saturated carbocycles.